The average molecular weight is 457 g/mol. The van der Waals surface area contributed by atoms with Gasteiger partial charge in [-0.25, -0.2) is 17.5 Å². The minimum absolute atomic E-state index is 0.0816. The molecule has 0 aromatic heterocycles. The van der Waals surface area contributed by atoms with E-state index < -0.39 is 21.9 Å². The third kappa shape index (κ3) is 6.63. The van der Waals surface area contributed by atoms with Gasteiger partial charge >= 0.3 is 0 Å². The van der Waals surface area contributed by atoms with Crippen molar-refractivity contribution in [3.05, 3.63) is 95.8 Å². The first kappa shape index (κ1) is 23.4. The number of sulfonamides is 1. The summed E-state index contributed by atoms with van der Waals surface area (Å²) in [6, 6.07) is 20.2. The van der Waals surface area contributed by atoms with Crippen molar-refractivity contribution in [1.82, 2.24) is 10.0 Å². The number of carbonyl (C=O) groups is 1. The third-order valence-electron chi connectivity index (χ3n) is 4.91. The minimum Gasteiger partial charge on any atom is -0.497 e. The molecule has 1 amide bonds. The van der Waals surface area contributed by atoms with E-state index in [2.05, 4.69) is 10.0 Å². The van der Waals surface area contributed by atoms with E-state index in [1.807, 2.05) is 30.3 Å². The molecule has 3 aromatic rings. The quantitative estimate of drug-likeness (QED) is 0.488. The van der Waals surface area contributed by atoms with Gasteiger partial charge in [0.15, 0.2) is 0 Å². The number of ether oxygens (including phenoxy) is 1. The first-order chi connectivity index (χ1) is 15.4. The molecule has 0 aliphatic carbocycles. The van der Waals surface area contributed by atoms with E-state index in [4.69, 9.17) is 4.74 Å². The Kier molecular flexibility index (Phi) is 7.97. The lowest BCUT2D eigenvalue weighted by molar-refractivity contribution is -0.121. The lowest BCUT2D eigenvalue weighted by atomic mass is 10.0. The summed E-state index contributed by atoms with van der Waals surface area (Å²) in [5.74, 6) is -0.210. The monoisotopic (exact) mass is 456 g/mol. The first-order valence-electron chi connectivity index (χ1n) is 10.1. The van der Waals surface area contributed by atoms with Gasteiger partial charge in [-0.2, -0.15) is 0 Å². The minimum atomic E-state index is -3.98. The summed E-state index contributed by atoms with van der Waals surface area (Å²) in [6.45, 7) is 0.433. The van der Waals surface area contributed by atoms with Gasteiger partial charge in [0, 0.05) is 13.0 Å². The second-order valence-corrected chi connectivity index (χ2v) is 8.90. The first-order valence-corrected chi connectivity index (χ1v) is 11.6. The molecule has 1 atom stereocenters. The number of hydrogen-bond donors (Lipinski definition) is 2. The van der Waals surface area contributed by atoms with Crippen LogP contribution in [0.25, 0.3) is 0 Å². The second kappa shape index (κ2) is 10.9. The molecule has 6 nitrogen and oxygen atoms in total. The Morgan fingerprint density at radius 1 is 0.969 bits per heavy atom. The van der Waals surface area contributed by atoms with E-state index in [9.17, 15) is 17.6 Å². The summed E-state index contributed by atoms with van der Waals surface area (Å²) in [6.07, 6.45) is 0.572. The third-order valence-corrected chi connectivity index (χ3v) is 6.40. The van der Waals surface area contributed by atoms with Crippen LogP contribution >= 0.6 is 0 Å². The normalized spacial score (nSPS) is 12.2. The van der Waals surface area contributed by atoms with E-state index in [0.717, 1.165) is 17.7 Å². The van der Waals surface area contributed by atoms with Crippen molar-refractivity contribution in [1.29, 1.82) is 0 Å². The van der Waals surface area contributed by atoms with Gasteiger partial charge in [0.25, 0.3) is 0 Å². The number of nitrogens with one attached hydrogen (secondary N) is 2. The SMILES string of the molecule is COc1ccc([C@H](CC(=O)NCCc2ccccc2)NS(=O)(=O)c2ccc(F)cc2)cc1. The van der Waals surface area contributed by atoms with Gasteiger partial charge in [0.1, 0.15) is 11.6 Å². The van der Waals surface area contributed by atoms with E-state index in [1.165, 1.54) is 19.2 Å². The average Bonchev–Trinajstić information content (AvgIpc) is 2.79. The van der Waals surface area contributed by atoms with Gasteiger partial charge in [-0.05, 0) is 53.9 Å². The Morgan fingerprint density at radius 3 is 2.25 bits per heavy atom. The summed E-state index contributed by atoms with van der Waals surface area (Å²) in [7, 11) is -2.45. The molecule has 0 radical (unpaired) electrons. The standard InChI is InChI=1S/C24H25FN2O4S/c1-31-21-11-7-19(8-12-21)23(27-32(29,30)22-13-9-20(25)10-14-22)17-24(28)26-16-15-18-5-3-2-4-6-18/h2-14,23,27H,15-17H2,1H3,(H,26,28)/t23-/m0/s1. The highest BCUT2D eigenvalue weighted by molar-refractivity contribution is 7.89. The molecule has 0 aliphatic rings. The fourth-order valence-corrected chi connectivity index (χ4v) is 4.41. The molecule has 0 fully saturated rings. The smallest absolute Gasteiger partial charge is 0.241 e. The number of carbonyl (C=O) groups excluding carboxylic acids is 1. The Balaban J connectivity index is 1.72. The predicted molar refractivity (Wildman–Crippen MR) is 120 cm³/mol. The van der Waals surface area contributed by atoms with Crippen molar-refractivity contribution < 1.29 is 22.3 Å². The Bertz CT molecular complexity index is 1120. The van der Waals surface area contributed by atoms with Gasteiger partial charge in [-0.1, -0.05) is 42.5 Å². The number of methoxy groups -OCH3 is 1. The highest BCUT2D eigenvalue weighted by Gasteiger charge is 2.24. The van der Waals surface area contributed by atoms with Gasteiger partial charge in [0.05, 0.1) is 18.0 Å². The molecule has 0 heterocycles. The zero-order chi connectivity index (χ0) is 23.0. The summed E-state index contributed by atoms with van der Waals surface area (Å²) < 4.78 is 46.6. The molecule has 0 aliphatic heterocycles. The molecule has 2 N–H and O–H groups in total. The number of hydrogen-bond acceptors (Lipinski definition) is 4. The lowest BCUT2D eigenvalue weighted by Gasteiger charge is -2.19. The fraction of sp³-hybridized carbons (Fsp3) is 0.208. The maximum atomic E-state index is 13.2. The number of rotatable bonds is 10. The molecule has 0 saturated heterocycles. The maximum absolute atomic E-state index is 13.2. The molecular weight excluding hydrogens is 431 g/mol. The highest BCUT2D eigenvalue weighted by Crippen LogP contribution is 2.23. The van der Waals surface area contributed by atoms with Crippen molar-refractivity contribution >= 4 is 15.9 Å². The lowest BCUT2D eigenvalue weighted by Crippen LogP contribution is -2.34. The van der Waals surface area contributed by atoms with Gasteiger partial charge < -0.3 is 10.1 Å². The summed E-state index contributed by atoms with van der Waals surface area (Å²) in [5, 5.41) is 2.84. The van der Waals surface area contributed by atoms with Crippen LogP contribution in [0.1, 0.15) is 23.6 Å². The van der Waals surface area contributed by atoms with Gasteiger partial charge in [-0.3, -0.25) is 4.79 Å². The van der Waals surface area contributed by atoms with Crippen LogP contribution in [-0.2, 0) is 21.2 Å². The number of benzene rings is 3. The van der Waals surface area contributed by atoms with Crippen molar-refractivity contribution in [3.8, 4) is 5.75 Å². The van der Waals surface area contributed by atoms with Crippen LogP contribution in [0.4, 0.5) is 4.39 Å². The van der Waals surface area contributed by atoms with E-state index in [0.29, 0.717) is 24.3 Å². The van der Waals surface area contributed by atoms with Crippen LogP contribution in [0.15, 0.2) is 83.8 Å². The van der Waals surface area contributed by atoms with Crippen LogP contribution in [-0.4, -0.2) is 28.0 Å². The molecular formula is C24H25FN2O4S. The Morgan fingerprint density at radius 2 is 1.62 bits per heavy atom. The van der Waals surface area contributed by atoms with Gasteiger partial charge in [-0.15, -0.1) is 0 Å². The fourth-order valence-electron chi connectivity index (χ4n) is 3.18. The maximum Gasteiger partial charge on any atom is 0.241 e. The topological polar surface area (TPSA) is 84.5 Å². The van der Waals surface area contributed by atoms with Crippen LogP contribution in [0.3, 0.4) is 0 Å². The summed E-state index contributed by atoms with van der Waals surface area (Å²) >= 11 is 0. The van der Waals surface area contributed by atoms with Crippen molar-refractivity contribution in [3.63, 3.8) is 0 Å². The largest absolute Gasteiger partial charge is 0.497 e. The van der Waals surface area contributed by atoms with Crippen molar-refractivity contribution in [2.75, 3.05) is 13.7 Å². The molecule has 3 aromatic carbocycles. The molecule has 32 heavy (non-hydrogen) atoms. The second-order valence-electron chi connectivity index (χ2n) is 7.19. The molecule has 0 bridgehead atoms. The Hall–Kier alpha value is -3.23. The molecule has 3 rings (SSSR count). The number of halogens is 1. The van der Waals surface area contributed by atoms with Crippen LogP contribution in [0.5, 0.6) is 5.75 Å². The Labute approximate surface area is 187 Å². The van der Waals surface area contributed by atoms with Gasteiger partial charge in [0.2, 0.25) is 15.9 Å². The van der Waals surface area contributed by atoms with Crippen molar-refractivity contribution in [2.45, 2.75) is 23.8 Å². The molecule has 168 valence electrons. The molecule has 0 spiro atoms. The van der Waals surface area contributed by atoms with Crippen LogP contribution < -0.4 is 14.8 Å². The predicted octanol–water partition coefficient (Wildman–Crippen LogP) is 3.60. The van der Waals surface area contributed by atoms with Crippen LogP contribution in [0.2, 0.25) is 0 Å². The van der Waals surface area contributed by atoms with E-state index in [-0.39, 0.29) is 17.2 Å². The van der Waals surface area contributed by atoms with Crippen molar-refractivity contribution in [2.24, 2.45) is 0 Å². The number of amides is 1. The highest BCUT2D eigenvalue weighted by atomic mass is 32.2. The summed E-state index contributed by atoms with van der Waals surface area (Å²) in [4.78, 5) is 12.5. The zero-order valence-electron chi connectivity index (χ0n) is 17.6. The van der Waals surface area contributed by atoms with Crippen LogP contribution in [0, 0.1) is 5.82 Å². The molecule has 8 heteroatoms. The van der Waals surface area contributed by atoms with E-state index in [1.54, 1.807) is 24.3 Å². The molecule has 0 saturated carbocycles. The zero-order valence-corrected chi connectivity index (χ0v) is 18.4. The molecule has 0 unspecified atom stereocenters. The summed E-state index contributed by atoms with van der Waals surface area (Å²) in [5.41, 5.74) is 1.70. The van der Waals surface area contributed by atoms with E-state index >= 15 is 0 Å².